The van der Waals surface area contributed by atoms with Crippen LogP contribution in [0, 0.1) is 0 Å². The Hall–Kier alpha value is -3.06. The zero-order valence-electron chi connectivity index (χ0n) is 15.4. The number of nitrogens with one attached hydrogen (secondary N) is 1. The van der Waals surface area contributed by atoms with Crippen molar-refractivity contribution in [1.29, 1.82) is 0 Å². The number of hydrazone groups is 1. The number of methoxy groups -OCH3 is 2. The van der Waals surface area contributed by atoms with Crippen molar-refractivity contribution in [3.8, 4) is 17.2 Å². The van der Waals surface area contributed by atoms with Crippen LogP contribution in [0.5, 0.6) is 17.2 Å². The maximum atomic E-state index is 11.9. The first-order valence-electron chi connectivity index (χ1n) is 8.45. The van der Waals surface area contributed by atoms with Crippen molar-refractivity contribution in [2.75, 3.05) is 20.8 Å². The van der Waals surface area contributed by atoms with Crippen molar-refractivity contribution in [2.24, 2.45) is 5.10 Å². The minimum atomic E-state index is -0.354. The molecular formula is C21H19BrN2O4. The summed E-state index contributed by atoms with van der Waals surface area (Å²) in [7, 11) is 3.13. The Morgan fingerprint density at radius 2 is 1.75 bits per heavy atom. The lowest BCUT2D eigenvalue weighted by molar-refractivity contribution is -0.123. The number of fused-ring (bicyclic) bond motifs is 1. The number of nitrogens with zero attached hydrogens (tertiary/aromatic N) is 1. The van der Waals surface area contributed by atoms with Crippen LogP contribution < -0.4 is 19.6 Å². The van der Waals surface area contributed by atoms with Crippen LogP contribution in [0.2, 0.25) is 0 Å². The van der Waals surface area contributed by atoms with Crippen LogP contribution in [0.3, 0.4) is 0 Å². The Kier molecular flexibility index (Phi) is 6.49. The number of halogens is 1. The molecule has 0 spiro atoms. The second-order valence-electron chi connectivity index (χ2n) is 5.85. The third-order valence-corrected chi connectivity index (χ3v) is 4.45. The Balaban J connectivity index is 1.54. The summed E-state index contributed by atoms with van der Waals surface area (Å²) in [6, 6.07) is 17.0. The lowest BCUT2D eigenvalue weighted by Crippen LogP contribution is -2.24. The van der Waals surface area contributed by atoms with Crippen LogP contribution in [-0.4, -0.2) is 32.9 Å². The van der Waals surface area contributed by atoms with E-state index in [1.165, 1.54) is 6.21 Å². The molecule has 144 valence electrons. The van der Waals surface area contributed by atoms with E-state index in [2.05, 4.69) is 26.5 Å². The molecule has 0 heterocycles. The van der Waals surface area contributed by atoms with E-state index in [-0.39, 0.29) is 12.5 Å². The Morgan fingerprint density at radius 3 is 2.54 bits per heavy atom. The topological polar surface area (TPSA) is 69.2 Å². The highest BCUT2D eigenvalue weighted by atomic mass is 79.9. The molecule has 1 N–H and O–H groups in total. The molecule has 0 aliphatic carbocycles. The van der Waals surface area contributed by atoms with Crippen LogP contribution in [0.25, 0.3) is 10.8 Å². The summed E-state index contributed by atoms with van der Waals surface area (Å²) in [5.74, 6) is 1.48. The Bertz CT molecular complexity index is 1020. The van der Waals surface area contributed by atoms with Gasteiger partial charge in [0.25, 0.3) is 5.91 Å². The number of hydrogen-bond acceptors (Lipinski definition) is 5. The lowest BCUT2D eigenvalue weighted by atomic mass is 10.1. The summed E-state index contributed by atoms with van der Waals surface area (Å²) in [6.07, 6.45) is 1.52. The van der Waals surface area contributed by atoms with E-state index in [9.17, 15) is 4.79 Å². The summed E-state index contributed by atoms with van der Waals surface area (Å²) >= 11 is 3.45. The van der Waals surface area contributed by atoms with Crippen molar-refractivity contribution in [3.05, 3.63) is 64.6 Å². The average Bonchev–Trinajstić information content (AvgIpc) is 2.72. The number of carbonyl (C=O) groups excluding carboxylic acids is 1. The van der Waals surface area contributed by atoms with Gasteiger partial charge in [-0.25, -0.2) is 5.43 Å². The fraction of sp³-hybridized carbons (Fsp3) is 0.143. The quantitative estimate of drug-likeness (QED) is 0.440. The van der Waals surface area contributed by atoms with E-state index in [1.807, 2.05) is 36.4 Å². The van der Waals surface area contributed by atoms with Gasteiger partial charge in [-0.05, 0) is 58.8 Å². The smallest absolute Gasteiger partial charge is 0.277 e. The van der Waals surface area contributed by atoms with E-state index in [0.717, 1.165) is 20.8 Å². The number of benzene rings is 3. The predicted molar refractivity (Wildman–Crippen MR) is 112 cm³/mol. The van der Waals surface area contributed by atoms with E-state index in [0.29, 0.717) is 17.2 Å². The van der Waals surface area contributed by atoms with Gasteiger partial charge < -0.3 is 14.2 Å². The minimum Gasteiger partial charge on any atom is -0.493 e. The Labute approximate surface area is 171 Å². The standard InChI is InChI=1S/C21H19BrN2O4/c1-26-19-8-3-14(9-20(19)27-2)12-23-24-21(25)13-28-18-7-5-15-10-17(22)6-4-16(15)11-18/h3-12H,13H2,1-2H3,(H,24,25). The van der Waals surface area contributed by atoms with Crippen molar-refractivity contribution >= 4 is 38.8 Å². The number of hydrogen-bond donors (Lipinski definition) is 1. The minimum absolute atomic E-state index is 0.134. The van der Waals surface area contributed by atoms with Gasteiger partial charge in [0, 0.05) is 4.47 Å². The molecule has 0 aliphatic heterocycles. The van der Waals surface area contributed by atoms with Gasteiger partial charge in [0.05, 0.1) is 20.4 Å². The van der Waals surface area contributed by atoms with Gasteiger partial charge >= 0.3 is 0 Å². The molecule has 28 heavy (non-hydrogen) atoms. The summed E-state index contributed by atoms with van der Waals surface area (Å²) in [5, 5.41) is 6.06. The molecule has 0 radical (unpaired) electrons. The van der Waals surface area contributed by atoms with Crippen molar-refractivity contribution in [1.82, 2.24) is 5.43 Å². The van der Waals surface area contributed by atoms with Crippen LogP contribution in [-0.2, 0) is 4.79 Å². The van der Waals surface area contributed by atoms with Gasteiger partial charge in [-0.3, -0.25) is 4.79 Å². The molecule has 6 nitrogen and oxygen atoms in total. The van der Waals surface area contributed by atoms with Crippen molar-refractivity contribution < 1.29 is 19.0 Å². The Morgan fingerprint density at radius 1 is 1.00 bits per heavy atom. The second kappa shape index (κ2) is 9.23. The van der Waals surface area contributed by atoms with Gasteiger partial charge in [0.15, 0.2) is 18.1 Å². The zero-order chi connectivity index (χ0) is 19.9. The molecule has 0 saturated carbocycles. The van der Waals surface area contributed by atoms with Crippen LogP contribution >= 0.6 is 15.9 Å². The first-order valence-corrected chi connectivity index (χ1v) is 9.24. The van der Waals surface area contributed by atoms with Crippen LogP contribution in [0.4, 0.5) is 0 Å². The first-order chi connectivity index (χ1) is 13.6. The van der Waals surface area contributed by atoms with E-state index in [4.69, 9.17) is 14.2 Å². The third kappa shape index (κ3) is 5.01. The molecule has 0 bridgehead atoms. The molecule has 7 heteroatoms. The molecule has 0 unspecified atom stereocenters. The molecule has 0 saturated heterocycles. The van der Waals surface area contributed by atoms with Crippen LogP contribution in [0.15, 0.2) is 64.2 Å². The molecule has 3 rings (SSSR count). The maximum Gasteiger partial charge on any atom is 0.277 e. The third-order valence-electron chi connectivity index (χ3n) is 3.95. The summed E-state index contributed by atoms with van der Waals surface area (Å²) in [4.78, 5) is 11.9. The number of carbonyl (C=O) groups is 1. The molecule has 3 aromatic rings. The zero-order valence-corrected chi connectivity index (χ0v) is 17.0. The van der Waals surface area contributed by atoms with Crippen LogP contribution in [0.1, 0.15) is 5.56 Å². The van der Waals surface area contributed by atoms with Gasteiger partial charge in [0.2, 0.25) is 0 Å². The van der Waals surface area contributed by atoms with E-state index in [1.54, 1.807) is 32.4 Å². The number of amides is 1. The molecule has 0 aliphatic rings. The van der Waals surface area contributed by atoms with E-state index < -0.39 is 0 Å². The normalized spacial score (nSPS) is 10.8. The molecule has 0 aromatic heterocycles. The lowest BCUT2D eigenvalue weighted by Gasteiger charge is -2.08. The molecular weight excluding hydrogens is 424 g/mol. The molecule has 0 fully saturated rings. The first kappa shape index (κ1) is 19.7. The fourth-order valence-corrected chi connectivity index (χ4v) is 2.96. The monoisotopic (exact) mass is 442 g/mol. The fourth-order valence-electron chi connectivity index (χ4n) is 2.58. The largest absolute Gasteiger partial charge is 0.493 e. The molecule has 0 atom stereocenters. The van der Waals surface area contributed by atoms with Gasteiger partial charge in [-0.2, -0.15) is 5.10 Å². The number of rotatable bonds is 7. The maximum absolute atomic E-state index is 11.9. The second-order valence-corrected chi connectivity index (χ2v) is 6.77. The average molecular weight is 443 g/mol. The summed E-state index contributed by atoms with van der Waals surface area (Å²) in [5.41, 5.74) is 3.20. The molecule has 1 amide bonds. The summed E-state index contributed by atoms with van der Waals surface area (Å²) in [6.45, 7) is -0.134. The van der Waals surface area contributed by atoms with Crippen molar-refractivity contribution in [2.45, 2.75) is 0 Å². The highest BCUT2D eigenvalue weighted by molar-refractivity contribution is 9.10. The highest BCUT2D eigenvalue weighted by Crippen LogP contribution is 2.27. The SMILES string of the molecule is COc1ccc(C=NNC(=O)COc2ccc3cc(Br)ccc3c2)cc1OC. The van der Waals surface area contributed by atoms with Gasteiger partial charge in [-0.1, -0.05) is 28.1 Å². The molecule has 3 aromatic carbocycles. The predicted octanol–water partition coefficient (Wildman–Crippen LogP) is 4.15. The van der Waals surface area contributed by atoms with Gasteiger partial charge in [-0.15, -0.1) is 0 Å². The summed E-state index contributed by atoms with van der Waals surface area (Å²) < 4.78 is 17.0. The van der Waals surface area contributed by atoms with Gasteiger partial charge in [0.1, 0.15) is 5.75 Å². The highest BCUT2D eigenvalue weighted by Gasteiger charge is 2.05. The number of ether oxygens (including phenoxy) is 3. The van der Waals surface area contributed by atoms with Crippen molar-refractivity contribution in [3.63, 3.8) is 0 Å². The van der Waals surface area contributed by atoms with E-state index >= 15 is 0 Å².